The van der Waals surface area contributed by atoms with Gasteiger partial charge in [0.2, 0.25) is 0 Å². The van der Waals surface area contributed by atoms with Crippen molar-refractivity contribution < 1.29 is 23.9 Å². The van der Waals surface area contributed by atoms with E-state index in [-0.39, 0.29) is 35.7 Å². The molecule has 0 N–H and O–H groups in total. The summed E-state index contributed by atoms with van der Waals surface area (Å²) in [6.45, 7) is 0. The number of benzene rings is 5. The molecule has 2 aliphatic carbocycles. The van der Waals surface area contributed by atoms with Gasteiger partial charge in [-0.2, -0.15) is 0 Å². The number of hydrogen-bond donors (Lipinski definition) is 0. The van der Waals surface area contributed by atoms with Crippen molar-refractivity contribution >= 4 is 66.7 Å². The van der Waals surface area contributed by atoms with Crippen LogP contribution in [0, 0.1) is 0 Å². The monoisotopic (exact) mass is 647 g/mol. The Hall–Kier alpha value is -5.37. The van der Waals surface area contributed by atoms with Gasteiger partial charge in [-0.25, -0.2) is 0 Å². The Labute approximate surface area is 282 Å². The lowest BCUT2D eigenvalue weighted by Gasteiger charge is -2.37. The van der Waals surface area contributed by atoms with E-state index in [9.17, 15) is 19.2 Å². The minimum atomic E-state index is -0.292. The van der Waals surface area contributed by atoms with E-state index in [4.69, 9.17) is 4.74 Å². The fourth-order valence-corrected chi connectivity index (χ4v) is 9.32. The molecule has 0 atom stereocenters. The second-order valence-electron chi connectivity index (χ2n) is 14.1. The standard InChI is InChI=1S/C41H33N3O5/c45-38-28-16-13-25-26-14-17-30-35-31(41(48)44(40(30)47)23-10-5-2-6-11-23)20-32(49-24-12-7-19-42-21-24)36(37(26)35)27-15-18-29(34(28)33(25)27)39(46)43(38)22-8-3-1-4-9-22/h7,12-23H,1-6,8-11H2. The van der Waals surface area contributed by atoms with Gasteiger partial charge in [-0.15, -0.1) is 0 Å². The molecule has 4 aliphatic rings. The van der Waals surface area contributed by atoms with Crippen LogP contribution in [0.25, 0.3) is 43.1 Å². The molecule has 2 fully saturated rings. The molecule has 49 heavy (non-hydrogen) atoms. The third-order valence-electron chi connectivity index (χ3n) is 11.5. The summed E-state index contributed by atoms with van der Waals surface area (Å²) in [6, 6.07) is 16.6. The van der Waals surface area contributed by atoms with Crippen LogP contribution in [0.4, 0.5) is 0 Å². The average Bonchev–Trinajstić information content (AvgIpc) is 3.14. The number of carbonyl (C=O) groups is 4. The SMILES string of the molecule is O=C1c2ccc3c4ccc5c6c(cc(Oc7cccnc7)c(c7ccc(c2c37)C(=O)N1C1CCCCC1)c64)C(=O)N(C1CCCCC1)C5=O. The van der Waals surface area contributed by atoms with Crippen LogP contribution in [0.2, 0.25) is 0 Å². The quantitative estimate of drug-likeness (QED) is 0.108. The van der Waals surface area contributed by atoms with E-state index in [1.807, 2.05) is 42.5 Å². The van der Waals surface area contributed by atoms with Gasteiger partial charge in [0.05, 0.1) is 11.8 Å². The Morgan fingerprint density at radius 3 is 1.59 bits per heavy atom. The predicted octanol–water partition coefficient (Wildman–Crippen LogP) is 8.78. The number of imide groups is 2. The first kappa shape index (κ1) is 28.6. The van der Waals surface area contributed by atoms with Crippen LogP contribution < -0.4 is 4.74 Å². The number of nitrogens with zero attached hydrogens (tertiary/aromatic N) is 3. The van der Waals surface area contributed by atoms with Gasteiger partial charge in [0.25, 0.3) is 23.6 Å². The van der Waals surface area contributed by atoms with Crippen LogP contribution in [-0.2, 0) is 0 Å². The Bertz CT molecular complexity index is 2400. The Kier molecular flexibility index (Phi) is 6.17. The normalized spacial score (nSPS) is 18.9. The highest BCUT2D eigenvalue weighted by Gasteiger charge is 2.41. The summed E-state index contributed by atoms with van der Waals surface area (Å²) in [4.78, 5) is 64.2. The molecule has 0 bridgehead atoms. The van der Waals surface area contributed by atoms with Gasteiger partial charge < -0.3 is 4.74 Å². The van der Waals surface area contributed by atoms with Crippen molar-refractivity contribution in [3.8, 4) is 11.5 Å². The maximum absolute atomic E-state index is 14.4. The molecule has 0 unspecified atom stereocenters. The van der Waals surface area contributed by atoms with Gasteiger partial charge in [-0.3, -0.25) is 34.0 Å². The van der Waals surface area contributed by atoms with Crippen LogP contribution in [0.3, 0.4) is 0 Å². The lowest BCUT2D eigenvalue weighted by Crippen LogP contribution is -2.47. The first-order chi connectivity index (χ1) is 24.0. The second-order valence-corrected chi connectivity index (χ2v) is 14.1. The summed E-state index contributed by atoms with van der Waals surface area (Å²) in [5.41, 5.74) is 2.01. The zero-order valence-corrected chi connectivity index (χ0v) is 27.0. The van der Waals surface area contributed by atoms with Crippen LogP contribution in [-0.4, -0.2) is 50.5 Å². The minimum absolute atomic E-state index is 0.0937. The minimum Gasteiger partial charge on any atom is -0.455 e. The van der Waals surface area contributed by atoms with Crippen LogP contribution in [0.15, 0.2) is 67.0 Å². The second kappa shape index (κ2) is 10.6. The largest absolute Gasteiger partial charge is 0.455 e. The van der Waals surface area contributed by atoms with Gasteiger partial charge in [-0.1, -0.05) is 56.7 Å². The third-order valence-corrected chi connectivity index (χ3v) is 11.5. The van der Waals surface area contributed by atoms with Crippen molar-refractivity contribution in [3.05, 3.63) is 89.2 Å². The highest BCUT2D eigenvalue weighted by atomic mass is 16.5. The first-order valence-electron chi connectivity index (χ1n) is 17.6. The molecule has 8 nitrogen and oxygen atoms in total. The van der Waals surface area contributed by atoms with Crippen molar-refractivity contribution in [2.24, 2.45) is 0 Å². The van der Waals surface area contributed by atoms with Gasteiger partial charge >= 0.3 is 0 Å². The van der Waals surface area contributed by atoms with Gasteiger partial charge in [-0.05, 0) is 83.6 Å². The van der Waals surface area contributed by atoms with Crippen LogP contribution >= 0.6 is 0 Å². The molecule has 4 amide bonds. The van der Waals surface area contributed by atoms with E-state index in [1.54, 1.807) is 24.5 Å². The maximum Gasteiger partial charge on any atom is 0.261 e. The number of ether oxygens (including phenoxy) is 1. The van der Waals surface area contributed by atoms with E-state index in [2.05, 4.69) is 4.98 Å². The van der Waals surface area contributed by atoms with Gasteiger partial charge in [0.1, 0.15) is 11.5 Å². The van der Waals surface area contributed by atoms with Crippen molar-refractivity contribution in [1.82, 2.24) is 14.8 Å². The van der Waals surface area contributed by atoms with E-state index >= 15 is 0 Å². The number of hydrogen-bond acceptors (Lipinski definition) is 6. The highest BCUT2D eigenvalue weighted by molar-refractivity contribution is 6.42. The molecular weight excluding hydrogens is 614 g/mol. The van der Waals surface area contributed by atoms with Crippen LogP contribution in [0.5, 0.6) is 11.5 Å². The van der Waals surface area contributed by atoms with Crippen molar-refractivity contribution in [2.75, 3.05) is 0 Å². The first-order valence-corrected chi connectivity index (χ1v) is 17.6. The fourth-order valence-electron chi connectivity index (χ4n) is 9.32. The number of amides is 4. The summed E-state index contributed by atoms with van der Waals surface area (Å²) < 4.78 is 6.59. The molecule has 1 aromatic heterocycles. The summed E-state index contributed by atoms with van der Waals surface area (Å²) in [5, 5.41) is 6.09. The van der Waals surface area contributed by atoms with E-state index in [0.29, 0.717) is 44.5 Å². The molecule has 0 saturated heterocycles. The van der Waals surface area contributed by atoms with Gasteiger partial charge in [0.15, 0.2) is 0 Å². The smallest absolute Gasteiger partial charge is 0.261 e. The summed E-state index contributed by atoms with van der Waals surface area (Å²) in [7, 11) is 0. The maximum atomic E-state index is 14.4. The zero-order valence-electron chi connectivity index (χ0n) is 27.0. The number of carbonyl (C=O) groups excluding carboxylic acids is 4. The predicted molar refractivity (Wildman–Crippen MR) is 187 cm³/mol. The molecule has 2 aliphatic heterocycles. The molecule has 3 heterocycles. The number of rotatable bonds is 4. The summed E-state index contributed by atoms with van der Waals surface area (Å²) >= 11 is 0. The molecule has 242 valence electrons. The van der Waals surface area contributed by atoms with Gasteiger partial charge in [0, 0.05) is 56.5 Å². The van der Waals surface area contributed by atoms with Crippen molar-refractivity contribution in [2.45, 2.75) is 76.3 Å². The molecular formula is C41H33N3O5. The lowest BCUT2D eigenvalue weighted by molar-refractivity contribution is 0.0487. The fraction of sp³-hybridized carbons (Fsp3) is 0.293. The molecule has 0 spiro atoms. The molecule has 0 radical (unpaired) electrons. The van der Waals surface area contributed by atoms with E-state index in [0.717, 1.165) is 96.5 Å². The Morgan fingerprint density at radius 1 is 0.531 bits per heavy atom. The van der Waals surface area contributed by atoms with Crippen molar-refractivity contribution in [3.63, 3.8) is 0 Å². The topological polar surface area (TPSA) is 96.9 Å². The summed E-state index contributed by atoms with van der Waals surface area (Å²) in [5.74, 6) is -0.0562. The summed E-state index contributed by atoms with van der Waals surface area (Å²) in [6.07, 6.45) is 12.8. The van der Waals surface area contributed by atoms with Crippen LogP contribution in [0.1, 0.15) is 106 Å². The van der Waals surface area contributed by atoms with E-state index < -0.39 is 0 Å². The van der Waals surface area contributed by atoms with E-state index in [1.165, 1.54) is 9.80 Å². The molecule has 10 rings (SSSR count). The zero-order chi connectivity index (χ0) is 33.0. The third kappa shape index (κ3) is 3.94. The molecule has 2 saturated carbocycles. The molecule has 5 aromatic carbocycles. The molecule has 8 heteroatoms. The Morgan fingerprint density at radius 2 is 1.04 bits per heavy atom. The number of fused-ring (bicyclic) bond motifs is 2. The average molecular weight is 648 g/mol. The van der Waals surface area contributed by atoms with Crippen molar-refractivity contribution in [1.29, 1.82) is 0 Å². The molecule has 6 aromatic rings. The number of aromatic nitrogens is 1. The Balaban J connectivity index is 1.27. The number of pyridine rings is 1. The lowest BCUT2D eigenvalue weighted by atomic mass is 9.81. The highest BCUT2D eigenvalue weighted by Crippen LogP contribution is 2.50.